The summed E-state index contributed by atoms with van der Waals surface area (Å²) in [5, 5.41) is 40.5. The van der Waals surface area contributed by atoms with Gasteiger partial charge in [-0.25, -0.2) is 4.79 Å². The third-order valence-electron chi connectivity index (χ3n) is 5.80. The van der Waals surface area contributed by atoms with Crippen LogP contribution in [-0.2, 0) is 4.74 Å². The van der Waals surface area contributed by atoms with Crippen molar-refractivity contribution >= 4 is 11.0 Å². The van der Waals surface area contributed by atoms with Gasteiger partial charge < -0.3 is 48.5 Å². The number of aliphatic hydroxyl groups excluding tert-OH is 4. The fraction of sp³-hybridized carbons (Fsp3) is 0.375. The van der Waals surface area contributed by atoms with Gasteiger partial charge in [0.25, 0.3) is 0 Å². The van der Waals surface area contributed by atoms with Crippen molar-refractivity contribution in [3.63, 3.8) is 0 Å². The second-order valence-electron chi connectivity index (χ2n) is 7.86. The van der Waals surface area contributed by atoms with Crippen molar-refractivity contribution in [2.24, 2.45) is 0 Å². The van der Waals surface area contributed by atoms with Gasteiger partial charge in [-0.05, 0) is 17.7 Å². The van der Waals surface area contributed by atoms with Gasteiger partial charge in [0, 0.05) is 23.8 Å². The molecule has 0 spiro atoms. The van der Waals surface area contributed by atoms with Crippen molar-refractivity contribution in [1.29, 1.82) is 0 Å². The summed E-state index contributed by atoms with van der Waals surface area (Å²) in [5.74, 6) is 1.29. The van der Waals surface area contributed by atoms with Crippen LogP contribution in [0.15, 0.2) is 45.6 Å². The molecular formula is C24H26O11. The van der Waals surface area contributed by atoms with E-state index >= 15 is 0 Å². The largest absolute Gasteiger partial charge is 0.496 e. The molecule has 35 heavy (non-hydrogen) atoms. The van der Waals surface area contributed by atoms with Crippen LogP contribution in [-0.4, -0.2) is 79.1 Å². The van der Waals surface area contributed by atoms with Crippen LogP contribution in [0.5, 0.6) is 23.0 Å². The number of hydrogen-bond acceptors (Lipinski definition) is 11. The lowest BCUT2D eigenvalue weighted by molar-refractivity contribution is -0.277. The molecule has 1 fully saturated rings. The van der Waals surface area contributed by atoms with Crippen LogP contribution in [0.25, 0.3) is 22.1 Å². The topological polar surface area (TPSA) is 157 Å². The van der Waals surface area contributed by atoms with Crippen LogP contribution in [0.1, 0.15) is 0 Å². The van der Waals surface area contributed by atoms with Gasteiger partial charge in [-0.15, -0.1) is 0 Å². The van der Waals surface area contributed by atoms with Crippen molar-refractivity contribution in [3.05, 3.63) is 46.8 Å². The first-order valence-corrected chi connectivity index (χ1v) is 10.7. The number of fused-ring (bicyclic) bond motifs is 1. The molecule has 0 radical (unpaired) electrons. The van der Waals surface area contributed by atoms with E-state index in [0.717, 1.165) is 0 Å². The van der Waals surface area contributed by atoms with E-state index in [0.29, 0.717) is 28.0 Å². The molecular weight excluding hydrogens is 464 g/mol. The zero-order valence-electron chi connectivity index (χ0n) is 19.2. The summed E-state index contributed by atoms with van der Waals surface area (Å²) in [4.78, 5) is 12.4. The number of benzene rings is 2. The number of methoxy groups -OCH3 is 3. The maximum Gasteiger partial charge on any atom is 0.336 e. The van der Waals surface area contributed by atoms with Crippen LogP contribution >= 0.6 is 0 Å². The molecule has 0 saturated carbocycles. The van der Waals surface area contributed by atoms with Gasteiger partial charge in [-0.1, -0.05) is 6.07 Å². The first kappa shape index (κ1) is 24.8. The molecule has 188 valence electrons. The van der Waals surface area contributed by atoms with E-state index in [1.807, 2.05) is 0 Å². The second kappa shape index (κ2) is 10.1. The minimum atomic E-state index is -1.64. The van der Waals surface area contributed by atoms with Gasteiger partial charge in [0.2, 0.25) is 6.29 Å². The summed E-state index contributed by atoms with van der Waals surface area (Å²) in [6.45, 7) is -0.616. The Labute approximate surface area is 199 Å². The molecule has 0 amide bonds. The van der Waals surface area contributed by atoms with Gasteiger partial charge in [-0.2, -0.15) is 0 Å². The summed E-state index contributed by atoms with van der Waals surface area (Å²) in [7, 11) is 4.40. The minimum absolute atomic E-state index is 0.0946. The SMILES string of the molecule is COc1cc(O[C@@H]2O[C@H](CO)[C@@H](O)[C@H](O)[C@H]2O)c2c(-c3ccc(OC)c(OC)c3)cc(=O)oc2c1. The summed E-state index contributed by atoms with van der Waals surface area (Å²) in [5.41, 5.74) is 0.486. The Morgan fingerprint density at radius 1 is 0.857 bits per heavy atom. The Morgan fingerprint density at radius 3 is 2.26 bits per heavy atom. The number of ether oxygens (including phenoxy) is 5. The monoisotopic (exact) mass is 490 g/mol. The molecule has 0 bridgehead atoms. The molecule has 1 aliphatic rings. The van der Waals surface area contributed by atoms with E-state index < -0.39 is 42.9 Å². The first-order valence-electron chi connectivity index (χ1n) is 10.7. The summed E-state index contributed by atoms with van der Waals surface area (Å²) in [6.07, 6.45) is -7.46. The van der Waals surface area contributed by atoms with Gasteiger partial charge in [0.05, 0.1) is 33.3 Å². The molecule has 4 N–H and O–H groups in total. The van der Waals surface area contributed by atoms with Crippen molar-refractivity contribution in [1.82, 2.24) is 0 Å². The summed E-state index contributed by atoms with van der Waals surface area (Å²) < 4.78 is 32.8. The maximum atomic E-state index is 12.4. The Kier molecular flexibility index (Phi) is 7.15. The average Bonchev–Trinajstić information content (AvgIpc) is 2.87. The fourth-order valence-corrected chi connectivity index (χ4v) is 3.97. The van der Waals surface area contributed by atoms with E-state index in [4.69, 9.17) is 28.1 Å². The third kappa shape index (κ3) is 4.64. The van der Waals surface area contributed by atoms with Gasteiger partial charge in [0.1, 0.15) is 41.5 Å². The van der Waals surface area contributed by atoms with E-state index in [9.17, 15) is 25.2 Å². The highest BCUT2D eigenvalue weighted by molar-refractivity contribution is 5.99. The Hall–Kier alpha value is -3.35. The van der Waals surface area contributed by atoms with Crippen LogP contribution in [0.4, 0.5) is 0 Å². The molecule has 1 aromatic heterocycles. The molecule has 1 saturated heterocycles. The van der Waals surface area contributed by atoms with Crippen LogP contribution in [0.3, 0.4) is 0 Å². The lowest BCUT2D eigenvalue weighted by Gasteiger charge is -2.39. The highest BCUT2D eigenvalue weighted by Gasteiger charge is 2.45. The number of aliphatic hydroxyl groups is 4. The molecule has 4 rings (SSSR count). The fourth-order valence-electron chi connectivity index (χ4n) is 3.97. The van der Waals surface area contributed by atoms with Crippen LogP contribution in [0, 0.1) is 0 Å². The summed E-state index contributed by atoms with van der Waals surface area (Å²) in [6, 6.07) is 9.34. The Balaban J connectivity index is 1.89. The molecule has 0 unspecified atom stereocenters. The maximum absolute atomic E-state index is 12.4. The molecule has 2 aromatic carbocycles. The van der Waals surface area contributed by atoms with Crippen LogP contribution in [0.2, 0.25) is 0 Å². The third-order valence-corrected chi connectivity index (χ3v) is 5.80. The van der Waals surface area contributed by atoms with Crippen molar-refractivity contribution in [2.45, 2.75) is 30.7 Å². The second-order valence-corrected chi connectivity index (χ2v) is 7.86. The molecule has 0 aliphatic carbocycles. The number of hydrogen-bond donors (Lipinski definition) is 4. The van der Waals surface area contributed by atoms with E-state index in [1.54, 1.807) is 18.2 Å². The smallest absolute Gasteiger partial charge is 0.336 e. The standard InChI is InChI=1S/C24H26O11/c1-30-12-7-16-20(17(8-12)34-24-23(29)22(28)21(27)18(10-25)35-24)13(9-19(26)33-16)11-4-5-14(31-2)15(6-11)32-3/h4-9,18,21-25,27-29H,10H2,1-3H3/t18-,21-,22+,23-,24-/m1/s1. The first-order chi connectivity index (χ1) is 16.8. The van der Waals surface area contributed by atoms with Crippen LogP contribution < -0.4 is 24.6 Å². The highest BCUT2D eigenvalue weighted by atomic mass is 16.7. The molecule has 2 heterocycles. The lowest BCUT2D eigenvalue weighted by atomic mass is 9.99. The molecule has 11 nitrogen and oxygen atoms in total. The zero-order valence-corrected chi connectivity index (χ0v) is 19.2. The minimum Gasteiger partial charge on any atom is -0.496 e. The quantitative estimate of drug-likeness (QED) is 0.345. The number of rotatable bonds is 7. The van der Waals surface area contributed by atoms with E-state index in [1.165, 1.54) is 39.5 Å². The molecule has 5 atom stereocenters. The van der Waals surface area contributed by atoms with Gasteiger partial charge >= 0.3 is 5.63 Å². The zero-order chi connectivity index (χ0) is 25.3. The van der Waals surface area contributed by atoms with Gasteiger partial charge in [0.15, 0.2) is 11.5 Å². The average molecular weight is 490 g/mol. The summed E-state index contributed by atoms with van der Waals surface area (Å²) >= 11 is 0. The Morgan fingerprint density at radius 2 is 1.60 bits per heavy atom. The van der Waals surface area contributed by atoms with E-state index in [2.05, 4.69) is 0 Å². The van der Waals surface area contributed by atoms with Crippen molar-refractivity contribution < 1.29 is 48.5 Å². The van der Waals surface area contributed by atoms with Crippen molar-refractivity contribution in [2.75, 3.05) is 27.9 Å². The normalized spacial score (nSPS) is 24.3. The predicted molar refractivity (Wildman–Crippen MR) is 122 cm³/mol. The Bertz CT molecular complexity index is 1250. The highest BCUT2D eigenvalue weighted by Crippen LogP contribution is 2.41. The lowest BCUT2D eigenvalue weighted by Crippen LogP contribution is -2.60. The van der Waals surface area contributed by atoms with Gasteiger partial charge in [-0.3, -0.25) is 0 Å². The van der Waals surface area contributed by atoms with Crippen molar-refractivity contribution in [3.8, 4) is 34.1 Å². The molecule has 11 heteroatoms. The van der Waals surface area contributed by atoms with E-state index in [-0.39, 0.29) is 17.1 Å². The molecule has 3 aromatic rings. The molecule has 1 aliphatic heterocycles. The predicted octanol–water partition coefficient (Wildman–Crippen LogP) is 0.664.